The predicted molar refractivity (Wildman–Crippen MR) is 77.3 cm³/mol. The molecule has 0 bridgehead atoms. The predicted octanol–water partition coefficient (Wildman–Crippen LogP) is 3.08. The van der Waals surface area contributed by atoms with Gasteiger partial charge in [-0.05, 0) is 24.3 Å². The van der Waals surface area contributed by atoms with E-state index in [1.165, 1.54) is 23.5 Å². The summed E-state index contributed by atoms with van der Waals surface area (Å²) in [5.41, 5.74) is 1.49. The monoisotopic (exact) mass is 366 g/mol. The Kier molecular flexibility index (Phi) is 6.65. The van der Waals surface area contributed by atoms with Crippen LogP contribution in [-0.2, 0) is 9.59 Å². The van der Waals surface area contributed by atoms with Crippen LogP contribution in [0.4, 0.5) is 22.7 Å². The van der Waals surface area contributed by atoms with Crippen LogP contribution in [0.25, 0.3) is 11.3 Å². The van der Waals surface area contributed by atoms with Crippen LogP contribution in [0.3, 0.4) is 0 Å². The molecule has 3 N–H and O–H groups in total. The van der Waals surface area contributed by atoms with Gasteiger partial charge in [-0.15, -0.1) is 11.3 Å². The number of thiazole rings is 1. The van der Waals surface area contributed by atoms with E-state index in [0.29, 0.717) is 10.8 Å². The third-order valence-corrected chi connectivity index (χ3v) is 3.08. The molecule has 6 nitrogen and oxygen atoms in total. The van der Waals surface area contributed by atoms with Gasteiger partial charge in [-0.1, -0.05) is 0 Å². The van der Waals surface area contributed by atoms with Crippen molar-refractivity contribution in [3.8, 4) is 11.3 Å². The maximum Gasteiger partial charge on any atom is 0.490 e. The summed E-state index contributed by atoms with van der Waals surface area (Å²) in [5, 5.41) is 20.6. The molecule has 11 heteroatoms. The van der Waals surface area contributed by atoms with Gasteiger partial charge in [-0.3, -0.25) is 4.79 Å². The third-order valence-electron chi connectivity index (χ3n) is 2.28. The average molecular weight is 366 g/mol. The summed E-state index contributed by atoms with van der Waals surface area (Å²) in [6, 6.07) is 5.98. The van der Waals surface area contributed by atoms with Crippen molar-refractivity contribution in [2.45, 2.75) is 6.18 Å². The second-order valence-corrected chi connectivity index (χ2v) is 4.95. The molecule has 0 atom stereocenters. The maximum absolute atomic E-state index is 12.7. The van der Waals surface area contributed by atoms with Crippen molar-refractivity contribution < 1.29 is 37.4 Å². The summed E-state index contributed by atoms with van der Waals surface area (Å²) >= 11 is 1.31. The van der Waals surface area contributed by atoms with Crippen molar-refractivity contribution in [3.63, 3.8) is 0 Å². The number of carboxylic acid groups (broad SMARTS) is 2. The van der Waals surface area contributed by atoms with E-state index in [1.54, 1.807) is 17.5 Å². The fraction of sp³-hybridized carbons (Fsp3) is 0.154. The van der Waals surface area contributed by atoms with Gasteiger partial charge in [0.15, 0.2) is 5.13 Å². The fourth-order valence-electron chi connectivity index (χ4n) is 1.26. The number of nitrogens with one attached hydrogen (secondary N) is 1. The van der Waals surface area contributed by atoms with E-state index in [4.69, 9.17) is 15.0 Å². The number of aromatic nitrogens is 1. The minimum Gasteiger partial charge on any atom is -0.480 e. The number of carboxylic acids is 2. The van der Waals surface area contributed by atoms with Gasteiger partial charge >= 0.3 is 18.1 Å². The summed E-state index contributed by atoms with van der Waals surface area (Å²) in [7, 11) is 0. The molecule has 1 aromatic heterocycles. The molecule has 0 saturated carbocycles. The minimum atomic E-state index is -5.08. The molecule has 0 fully saturated rings. The molecule has 0 unspecified atom stereocenters. The van der Waals surface area contributed by atoms with Gasteiger partial charge in [-0.25, -0.2) is 14.2 Å². The van der Waals surface area contributed by atoms with Crippen LogP contribution in [0.5, 0.6) is 0 Å². The zero-order valence-electron chi connectivity index (χ0n) is 11.7. The van der Waals surface area contributed by atoms with Crippen LogP contribution in [0, 0.1) is 5.82 Å². The Hall–Kier alpha value is -2.69. The van der Waals surface area contributed by atoms with E-state index in [2.05, 4.69) is 10.3 Å². The molecule has 2 rings (SSSR count). The van der Waals surface area contributed by atoms with E-state index < -0.39 is 18.1 Å². The SMILES string of the molecule is O=C(O)C(F)(F)F.O=C(O)CNc1nc(-c2ccc(F)cc2)cs1. The number of benzene rings is 1. The van der Waals surface area contributed by atoms with E-state index in [9.17, 15) is 22.4 Å². The molecule has 24 heavy (non-hydrogen) atoms. The molecule has 0 saturated heterocycles. The molecular formula is C13H10F4N2O4S. The lowest BCUT2D eigenvalue weighted by Crippen LogP contribution is -2.21. The minimum absolute atomic E-state index is 0.170. The van der Waals surface area contributed by atoms with E-state index in [1.807, 2.05) is 0 Å². The quantitative estimate of drug-likeness (QED) is 0.719. The Bertz CT molecular complexity index is 701. The standard InChI is InChI=1S/C11H9FN2O2S.C2HF3O2/c12-8-3-1-7(2-4-8)9-6-17-11(14-9)13-5-10(15)16;3-2(4,5)1(6)7/h1-4,6H,5H2,(H,13,14)(H,15,16);(H,6,7). The van der Waals surface area contributed by atoms with Crippen molar-refractivity contribution >= 4 is 28.4 Å². The molecule has 0 radical (unpaired) electrons. The lowest BCUT2D eigenvalue weighted by atomic mass is 10.2. The first-order valence-corrected chi connectivity index (χ1v) is 6.95. The van der Waals surface area contributed by atoms with Crippen molar-refractivity contribution in [2.24, 2.45) is 0 Å². The molecule has 130 valence electrons. The molecule has 0 aliphatic heterocycles. The van der Waals surface area contributed by atoms with Gasteiger partial charge in [0.2, 0.25) is 0 Å². The number of alkyl halides is 3. The van der Waals surface area contributed by atoms with Gasteiger partial charge in [0.05, 0.1) is 5.69 Å². The highest BCUT2D eigenvalue weighted by atomic mass is 32.1. The first-order valence-electron chi connectivity index (χ1n) is 6.07. The first-order chi connectivity index (χ1) is 11.1. The van der Waals surface area contributed by atoms with Gasteiger partial charge in [-0.2, -0.15) is 13.2 Å². The second-order valence-electron chi connectivity index (χ2n) is 4.09. The second kappa shape index (κ2) is 8.24. The maximum atomic E-state index is 12.7. The van der Waals surface area contributed by atoms with E-state index in [0.717, 1.165) is 5.56 Å². The molecule has 0 aliphatic carbocycles. The normalized spacial score (nSPS) is 10.5. The number of hydrogen-bond donors (Lipinski definition) is 3. The fourth-order valence-corrected chi connectivity index (χ4v) is 1.98. The van der Waals surface area contributed by atoms with Gasteiger partial charge < -0.3 is 15.5 Å². The number of carbonyl (C=O) groups is 2. The van der Waals surface area contributed by atoms with Crippen molar-refractivity contribution in [2.75, 3.05) is 11.9 Å². The van der Waals surface area contributed by atoms with Crippen molar-refractivity contribution in [1.82, 2.24) is 4.98 Å². The molecular weight excluding hydrogens is 356 g/mol. The van der Waals surface area contributed by atoms with Crippen LogP contribution < -0.4 is 5.32 Å². The van der Waals surface area contributed by atoms with Gasteiger partial charge in [0, 0.05) is 10.9 Å². The molecule has 0 amide bonds. The number of halogens is 4. The first kappa shape index (κ1) is 19.4. The summed E-state index contributed by atoms with van der Waals surface area (Å²) in [6.07, 6.45) is -5.08. The third kappa shape index (κ3) is 6.60. The molecule has 1 aromatic carbocycles. The highest BCUT2D eigenvalue weighted by molar-refractivity contribution is 7.14. The highest BCUT2D eigenvalue weighted by Gasteiger charge is 2.38. The Morgan fingerprint density at radius 1 is 1.17 bits per heavy atom. The zero-order chi connectivity index (χ0) is 18.3. The lowest BCUT2D eigenvalue weighted by Gasteiger charge is -1.97. The largest absolute Gasteiger partial charge is 0.490 e. The topological polar surface area (TPSA) is 99.5 Å². The molecule has 0 spiro atoms. The smallest absolute Gasteiger partial charge is 0.480 e. The Morgan fingerprint density at radius 2 is 1.71 bits per heavy atom. The molecule has 2 aromatic rings. The van der Waals surface area contributed by atoms with Crippen LogP contribution in [-0.4, -0.2) is 39.9 Å². The van der Waals surface area contributed by atoms with E-state index in [-0.39, 0.29) is 12.4 Å². The van der Waals surface area contributed by atoms with Crippen molar-refractivity contribution in [1.29, 1.82) is 0 Å². The van der Waals surface area contributed by atoms with Gasteiger partial charge in [0.1, 0.15) is 12.4 Å². The van der Waals surface area contributed by atoms with Crippen LogP contribution in [0.2, 0.25) is 0 Å². The number of hydrogen-bond acceptors (Lipinski definition) is 5. The summed E-state index contributed by atoms with van der Waals surface area (Å²) in [5.74, 6) is -4.00. The average Bonchev–Trinajstić information content (AvgIpc) is 2.94. The zero-order valence-corrected chi connectivity index (χ0v) is 12.5. The number of aliphatic carboxylic acids is 2. The van der Waals surface area contributed by atoms with Crippen molar-refractivity contribution in [3.05, 3.63) is 35.5 Å². The number of nitrogens with zero attached hydrogens (tertiary/aromatic N) is 1. The molecule has 0 aliphatic rings. The summed E-state index contributed by atoms with van der Waals surface area (Å²) in [6.45, 7) is -0.170. The summed E-state index contributed by atoms with van der Waals surface area (Å²) < 4.78 is 44.5. The van der Waals surface area contributed by atoms with Crippen LogP contribution in [0.1, 0.15) is 0 Å². The summed E-state index contributed by atoms with van der Waals surface area (Å²) in [4.78, 5) is 23.5. The Balaban J connectivity index is 0.000000351. The Labute approximate surface area is 136 Å². The Morgan fingerprint density at radius 3 is 2.17 bits per heavy atom. The molecule has 1 heterocycles. The number of rotatable bonds is 4. The number of anilines is 1. The lowest BCUT2D eigenvalue weighted by molar-refractivity contribution is -0.192. The van der Waals surface area contributed by atoms with Crippen LogP contribution in [0.15, 0.2) is 29.6 Å². The van der Waals surface area contributed by atoms with Gasteiger partial charge in [0.25, 0.3) is 0 Å². The highest BCUT2D eigenvalue weighted by Crippen LogP contribution is 2.24. The van der Waals surface area contributed by atoms with Crippen LogP contribution >= 0.6 is 11.3 Å². The van der Waals surface area contributed by atoms with E-state index >= 15 is 0 Å².